The number of anilines is 1. The zero-order chi connectivity index (χ0) is 27.9. The van der Waals surface area contributed by atoms with Crippen LogP contribution in [0.1, 0.15) is 54.9 Å². The molecule has 0 unspecified atom stereocenters. The lowest BCUT2D eigenvalue weighted by molar-refractivity contribution is -0.133. The fourth-order valence-corrected chi connectivity index (χ4v) is 5.96. The molecular formula is C30H37Cl2N3O4. The number of carboxylic acid groups (broad SMARTS) is 1. The molecule has 2 aromatic carbocycles. The van der Waals surface area contributed by atoms with Gasteiger partial charge in [0.15, 0.2) is 0 Å². The van der Waals surface area contributed by atoms with Gasteiger partial charge in [-0.15, -0.1) is 0 Å². The fraction of sp³-hybridized carbons (Fsp3) is 0.500. The van der Waals surface area contributed by atoms with Crippen molar-refractivity contribution in [3.63, 3.8) is 0 Å². The summed E-state index contributed by atoms with van der Waals surface area (Å²) >= 11 is 12.4. The van der Waals surface area contributed by atoms with Crippen molar-refractivity contribution in [1.29, 1.82) is 0 Å². The van der Waals surface area contributed by atoms with Gasteiger partial charge in [0, 0.05) is 38.2 Å². The van der Waals surface area contributed by atoms with Crippen LogP contribution in [0.5, 0.6) is 0 Å². The van der Waals surface area contributed by atoms with Gasteiger partial charge in [-0.25, -0.2) is 4.79 Å². The van der Waals surface area contributed by atoms with Crippen LogP contribution in [-0.4, -0.2) is 72.0 Å². The summed E-state index contributed by atoms with van der Waals surface area (Å²) in [4.78, 5) is 42.5. The van der Waals surface area contributed by atoms with Crippen LogP contribution in [0, 0.1) is 11.8 Å². The molecular weight excluding hydrogens is 537 g/mol. The lowest BCUT2D eigenvalue weighted by atomic mass is 9.90. The highest BCUT2D eigenvalue weighted by atomic mass is 35.5. The van der Waals surface area contributed by atoms with Crippen molar-refractivity contribution in [1.82, 2.24) is 9.80 Å². The molecule has 0 aromatic heterocycles. The standard InChI is InChI=1S/C30H37Cl2N3O4/c1-21(36)34-17-11-24(12-18-34)29(37)35(26-7-8-27(31)28(32)20-26)14-2-13-33-15-9-23(10-16-33)19-22-3-5-25(6-4-22)30(38)39/h3-8,20,23-24H,2,9-19H2,1H3,(H,38,39). The highest BCUT2D eigenvalue weighted by molar-refractivity contribution is 6.42. The van der Waals surface area contributed by atoms with Crippen LogP contribution in [0.25, 0.3) is 0 Å². The maximum atomic E-state index is 13.6. The number of halogens is 2. The Kier molecular flexibility index (Phi) is 10.3. The molecule has 39 heavy (non-hydrogen) atoms. The Hall–Kier alpha value is -2.61. The highest BCUT2D eigenvalue weighted by Crippen LogP contribution is 2.30. The maximum Gasteiger partial charge on any atom is 0.335 e. The van der Waals surface area contributed by atoms with E-state index in [1.165, 1.54) is 5.56 Å². The first-order valence-corrected chi connectivity index (χ1v) is 14.5. The van der Waals surface area contributed by atoms with Gasteiger partial charge in [-0.2, -0.15) is 0 Å². The molecule has 2 heterocycles. The fourth-order valence-electron chi connectivity index (χ4n) is 5.66. The number of rotatable bonds is 9. The van der Waals surface area contributed by atoms with Gasteiger partial charge in [0.05, 0.1) is 15.6 Å². The number of carbonyl (C=O) groups excluding carboxylic acids is 2. The van der Waals surface area contributed by atoms with E-state index in [0.29, 0.717) is 54.0 Å². The molecule has 0 aliphatic carbocycles. The molecule has 210 valence electrons. The predicted molar refractivity (Wildman–Crippen MR) is 155 cm³/mol. The third-order valence-electron chi connectivity index (χ3n) is 8.06. The summed E-state index contributed by atoms with van der Waals surface area (Å²) in [5.74, 6) is -0.276. The van der Waals surface area contributed by atoms with Crippen LogP contribution in [-0.2, 0) is 16.0 Å². The van der Waals surface area contributed by atoms with Crippen molar-refractivity contribution in [3.05, 3.63) is 63.6 Å². The zero-order valence-electron chi connectivity index (χ0n) is 22.5. The van der Waals surface area contributed by atoms with Gasteiger partial charge in [-0.05, 0) is 100.0 Å². The first-order chi connectivity index (χ1) is 18.7. The molecule has 2 aromatic rings. The van der Waals surface area contributed by atoms with Gasteiger partial charge in [0.25, 0.3) is 0 Å². The van der Waals surface area contributed by atoms with E-state index in [2.05, 4.69) is 4.90 Å². The number of hydrogen-bond donors (Lipinski definition) is 1. The average molecular weight is 575 g/mol. The number of nitrogens with zero attached hydrogens (tertiary/aromatic N) is 3. The Balaban J connectivity index is 1.29. The molecule has 2 amide bonds. The number of carbonyl (C=O) groups is 3. The Morgan fingerprint density at radius 2 is 1.59 bits per heavy atom. The number of amides is 2. The lowest BCUT2D eigenvalue weighted by Crippen LogP contribution is -2.45. The average Bonchev–Trinajstić information content (AvgIpc) is 2.93. The van der Waals surface area contributed by atoms with Gasteiger partial charge in [-0.3, -0.25) is 9.59 Å². The second kappa shape index (κ2) is 13.6. The molecule has 0 atom stereocenters. The van der Waals surface area contributed by atoms with Crippen molar-refractivity contribution in [2.24, 2.45) is 11.8 Å². The van der Waals surface area contributed by atoms with Crippen LogP contribution < -0.4 is 4.90 Å². The maximum absolute atomic E-state index is 13.6. The predicted octanol–water partition coefficient (Wildman–Crippen LogP) is 5.63. The molecule has 0 spiro atoms. The van der Waals surface area contributed by atoms with Gasteiger partial charge in [0.1, 0.15) is 0 Å². The van der Waals surface area contributed by atoms with Crippen LogP contribution in [0.15, 0.2) is 42.5 Å². The van der Waals surface area contributed by atoms with E-state index >= 15 is 0 Å². The van der Waals surface area contributed by atoms with E-state index in [0.717, 1.165) is 51.0 Å². The molecule has 2 fully saturated rings. The van der Waals surface area contributed by atoms with Crippen molar-refractivity contribution < 1.29 is 19.5 Å². The number of piperidine rings is 2. The van der Waals surface area contributed by atoms with Crippen molar-refractivity contribution in [2.75, 3.05) is 44.2 Å². The smallest absolute Gasteiger partial charge is 0.335 e. The molecule has 0 bridgehead atoms. The molecule has 2 aliphatic rings. The Labute approximate surface area is 240 Å². The number of hydrogen-bond acceptors (Lipinski definition) is 4. The Morgan fingerprint density at radius 1 is 0.923 bits per heavy atom. The monoisotopic (exact) mass is 573 g/mol. The molecule has 0 saturated carbocycles. The van der Waals surface area contributed by atoms with Crippen molar-refractivity contribution in [2.45, 2.75) is 45.4 Å². The summed E-state index contributed by atoms with van der Waals surface area (Å²) in [5, 5.41) is 9.98. The molecule has 7 nitrogen and oxygen atoms in total. The SMILES string of the molecule is CC(=O)N1CCC(C(=O)N(CCCN2CCC(Cc3ccc(C(=O)O)cc3)CC2)c2ccc(Cl)c(Cl)c2)CC1. The number of carboxylic acids is 1. The molecule has 2 aliphatic heterocycles. The normalized spacial score (nSPS) is 17.3. The van der Waals surface area contributed by atoms with E-state index in [1.54, 1.807) is 31.2 Å². The van der Waals surface area contributed by atoms with E-state index in [4.69, 9.17) is 28.3 Å². The second-order valence-electron chi connectivity index (χ2n) is 10.7. The van der Waals surface area contributed by atoms with Crippen molar-refractivity contribution >= 4 is 46.7 Å². The summed E-state index contributed by atoms with van der Waals surface area (Å²) in [6.07, 6.45) is 5.36. The topological polar surface area (TPSA) is 81.2 Å². The highest BCUT2D eigenvalue weighted by Gasteiger charge is 2.30. The Bertz CT molecular complexity index is 1160. The quantitative estimate of drug-likeness (QED) is 0.420. The summed E-state index contributed by atoms with van der Waals surface area (Å²) in [6, 6.07) is 12.6. The van der Waals surface area contributed by atoms with Crippen LogP contribution in [0.4, 0.5) is 5.69 Å². The van der Waals surface area contributed by atoms with E-state index in [9.17, 15) is 14.4 Å². The Morgan fingerprint density at radius 3 is 2.18 bits per heavy atom. The van der Waals surface area contributed by atoms with Gasteiger partial charge >= 0.3 is 5.97 Å². The third kappa shape index (κ3) is 7.96. The molecule has 4 rings (SSSR count). The van der Waals surface area contributed by atoms with E-state index in [1.807, 2.05) is 28.0 Å². The van der Waals surface area contributed by atoms with Crippen LogP contribution >= 0.6 is 23.2 Å². The number of aromatic carboxylic acids is 1. The summed E-state index contributed by atoms with van der Waals surface area (Å²) in [5.41, 5.74) is 2.27. The summed E-state index contributed by atoms with van der Waals surface area (Å²) in [6.45, 7) is 6.34. The molecule has 9 heteroatoms. The minimum atomic E-state index is -0.896. The third-order valence-corrected chi connectivity index (χ3v) is 8.80. The minimum Gasteiger partial charge on any atom is -0.478 e. The van der Waals surface area contributed by atoms with Gasteiger partial charge in [-0.1, -0.05) is 35.3 Å². The number of benzene rings is 2. The first-order valence-electron chi connectivity index (χ1n) is 13.8. The first kappa shape index (κ1) is 29.4. The van der Waals surface area contributed by atoms with Crippen LogP contribution in [0.3, 0.4) is 0 Å². The van der Waals surface area contributed by atoms with Crippen LogP contribution in [0.2, 0.25) is 10.0 Å². The minimum absolute atomic E-state index is 0.0575. The molecule has 2 saturated heterocycles. The number of likely N-dealkylation sites (tertiary alicyclic amines) is 2. The van der Waals surface area contributed by atoms with Crippen molar-refractivity contribution in [3.8, 4) is 0 Å². The van der Waals surface area contributed by atoms with Gasteiger partial charge in [0.2, 0.25) is 11.8 Å². The van der Waals surface area contributed by atoms with E-state index in [-0.39, 0.29) is 17.7 Å². The second-order valence-corrected chi connectivity index (χ2v) is 11.5. The van der Waals surface area contributed by atoms with Gasteiger partial charge < -0.3 is 19.8 Å². The largest absolute Gasteiger partial charge is 0.478 e. The summed E-state index contributed by atoms with van der Waals surface area (Å²) in [7, 11) is 0. The molecule has 0 radical (unpaired) electrons. The van der Waals surface area contributed by atoms with E-state index < -0.39 is 5.97 Å². The molecule has 1 N–H and O–H groups in total. The summed E-state index contributed by atoms with van der Waals surface area (Å²) < 4.78 is 0. The lowest BCUT2D eigenvalue weighted by Gasteiger charge is -2.35. The zero-order valence-corrected chi connectivity index (χ0v) is 24.0.